The molecule has 1 aromatic heterocycles. The molecule has 2 aliphatic rings. The van der Waals surface area contributed by atoms with Crippen molar-refractivity contribution in [2.24, 2.45) is 5.73 Å². The average molecular weight is 402 g/mol. The van der Waals surface area contributed by atoms with E-state index in [-0.39, 0.29) is 42.0 Å². The fourth-order valence-electron chi connectivity index (χ4n) is 3.12. The number of H-pyrrole nitrogens is 2. The van der Waals surface area contributed by atoms with Crippen molar-refractivity contribution in [1.82, 2.24) is 19.2 Å². The molecule has 142 valence electrons. The number of fused-ring (bicyclic) bond motifs is 1. The third kappa shape index (κ3) is 3.13. The SMILES string of the molecule is Cl.NC1(C(=O)N2CCN(S(=O)(=O)c3ccc4[nH]c(=O)[nH]c4c3)CC2)CC1. The highest BCUT2D eigenvalue weighted by atomic mass is 35.5. The summed E-state index contributed by atoms with van der Waals surface area (Å²) in [4.78, 5) is 30.5. The molecule has 0 unspecified atom stereocenters. The van der Waals surface area contributed by atoms with Crippen LogP contribution in [0, 0.1) is 0 Å². The Labute approximate surface area is 156 Å². The van der Waals surface area contributed by atoms with Gasteiger partial charge in [-0.25, -0.2) is 13.2 Å². The first-order valence-corrected chi connectivity index (χ1v) is 9.54. The second-order valence-electron chi connectivity index (χ2n) is 6.64. The number of imidazole rings is 1. The van der Waals surface area contributed by atoms with Gasteiger partial charge in [0.05, 0.1) is 21.5 Å². The van der Waals surface area contributed by atoms with Crippen LogP contribution in [-0.2, 0) is 14.8 Å². The predicted molar refractivity (Wildman–Crippen MR) is 97.7 cm³/mol. The predicted octanol–water partition coefficient (Wildman–Crippen LogP) is -0.398. The second kappa shape index (κ2) is 6.38. The lowest BCUT2D eigenvalue weighted by atomic mass is 10.2. The molecule has 26 heavy (non-hydrogen) atoms. The zero-order chi connectivity index (χ0) is 17.8. The van der Waals surface area contributed by atoms with E-state index in [1.54, 1.807) is 11.0 Å². The zero-order valence-electron chi connectivity index (χ0n) is 13.9. The maximum absolute atomic E-state index is 12.8. The summed E-state index contributed by atoms with van der Waals surface area (Å²) in [7, 11) is -3.69. The van der Waals surface area contributed by atoms with Gasteiger partial charge in [-0.3, -0.25) is 4.79 Å². The molecule has 9 nitrogen and oxygen atoms in total. The highest BCUT2D eigenvalue weighted by Crippen LogP contribution is 2.34. The van der Waals surface area contributed by atoms with Crippen LogP contribution in [0.1, 0.15) is 12.8 Å². The van der Waals surface area contributed by atoms with Gasteiger partial charge >= 0.3 is 5.69 Å². The van der Waals surface area contributed by atoms with E-state index in [9.17, 15) is 18.0 Å². The first kappa shape index (κ1) is 18.9. The summed E-state index contributed by atoms with van der Waals surface area (Å²) in [6.07, 6.45) is 1.39. The van der Waals surface area contributed by atoms with Crippen molar-refractivity contribution in [2.45, 2.75) is 23.3 Å². The first-order valence-electron chi connectivity index (χ1n) is 8.10. The normalized spacial score (nSPS) is 20.0. The number of nitrogens with zero attached hydrogens (tertiary/aromatic N) is 2. The van der Waals surface area contributed by atoms with Gasteiger partial charge in [-0.1, -0.05) is 0 Å². The number of sulfonamides is 1. The van der Waals surface area contributed by atoms with Crippen molar-refractivity contribution in [3.8, 4) is 0 Å². The van der Waals surface area contributed by atoms with Gasteiger partial charge in [0.1, 0.15) is 0 Å². The van der Waals surface area contributed by atoms with Crippen LogP contribution in [0.2, 0.25) is 0 Å². The van der Waals surface area contributed by atoms with Crippen molar-refractivity contribution in [1.29, 1.82) is 0 Å². The van der Waals surface area contributed by atoms with Crippen LogP contribution in [-0.4, -0.2) is 65.2 Å². The lowest BCUT2D eigenvalue weighted by molar-refractivity contribution is -0.134. The first-order chi connectivity index (χ1) is 11.8. The van der Waals surface area contributed by atoms with Crippen LogP contribution in [0.4, 0.5) is 0 Å². The number of nitrogens with one attached hydrogen (secondary N) is 2. The summed E-state index contributed by atoms with van der Waals surface area (Å²) in [5.74, 6) is -0.0872. The molecule has 1 saturated heterocycles. The third-order valence-corrected chi connectivity index (χ3v) is 6.76. The molecular weight excluding hydrogens is 382 g/mol. The number of amides is 1. The van der Waals surface area contributed by atoms with E-state index < -0.39 is 15.6 Å². The van der Waals surface area contributed by atoms with Crippen molar-refractivity contribution in [2.75, 3.05) is 26.2 Å². The van der Waals surface area contributed by atoms with E-state index in [0.717, 1.165) is 0 Å². The Kier molecular flexibility index (Phi) is 4.63. The van der Waals surface area contributed by atoms with Gasteiger partial charge in [0.15, 0.2) is 0 Å². The summed E-state index contributed by atoms with van der Waals surface area (Å²) in [6.45, 7) is 1.12. The number of hydrogen-bond acceptors (Lipinski definition) is 5. The molecule has 0 radical (unpaired) electrons. The minimum absolute atomic E-state index is 0. The molecule has 2 fully saturated rings. The molecule has 0 atom stereocenters. The van der Waals surface area contributed by atoms with Gasteiger partial charge in [-0.05, 0) is 31.0 Å². The minimum atomic E-state index is -3.69. The molecule has 1 saturated carbocycles. The van der Waals surface area contributed by atoms with Crippen LogP contribution >= 0.6 is 12.4 Å². The lowest BCUT2D eigenvalue weighted by Gasteiger charge is -2.35. The number of aromatic nitrogens is 2. The summed E-state index contributed by atoms with van der Waals surface area (Å²) in [5, 5.41) is 0. The van der Waals surface area contributed by atoms with Gasteiger partial charge in [-0.2, -0.15) is 4.31 Å². The molecule has 2 heterocycles. The number of nitrogens with two attached hydrogens (primary N) is 1. The minimum Gasteiger partial charge on any atom is -0.338 e. The van der Waals surface area contributed by atoms with E-state index in [2.05, 4.69) is 9.97 Å². The van der Waals surface area contributed by atoms with Crippen molar-refractivity contribution in [3.63, 3.8) is 0 Å². The Balaban J connectivity index is 0.00000196. The molecule has 1 aliphatic carbocycles. The van der Waals surface area contributed by atoms with Gasteiger partial charge < -0.3 is 20.6 Å². The molecule has 11 heteroatoms. The topological polar surface area (TPSA) is 132 Å². The molecule has 1 aliphatic heterocycles. The van der Waals surface area contributed by atoms with Crippen LogP contribution in [0.15, 0.2) is 27.9 Å². The molecule has 0 spiro atoms. The largest absolute Gasteiger partial charge is 0.338 e. The van der Waals surface area contributed by atoms with Crippen LogP contribution in [0.5, 0.6) is 0 Å². The molecule has 4 N–H and O–H groups in total. The van der Waals surface area contributed by atoms with Crippen LogP contribution < -0.4 is 11.4 Å². The standard InChI is InChI=1S/C15H19N5O4S.ClH/c16-15(3-4-15)13(21)19-5-7-20(8-6-19)25(23,24)10-1-2-11-12(9-10)18-14(22)17-11;/h1-2,9H,3-8,16H2,(H2,17,18,22);1H. The Bertz CT molecular complexity index is 1000. The number of piperazine rings is 1. The highest BCUT2D eigenvalue weighted by Gasteiger charge is 2.48. The summed E-state index contributed by atoms with van der Waals surface area (Å²) >= 11 is 0. The summed E-state index contributed by atoms with van der Waals surface area (Å²) < 4.78 is 27.0. The van der Waals surface area contributed by atoms with Crippen molar-refractivity contribution < 1.29 is 13.2 Å². The second-order valence-corrected chi connectivity index (χ2v) is 8.58. The van der Waals surface area contributed by atoms with Gasteiger partial charge in [0, 0.05) is 26.2 Å². The van der Waals surface area contributed by atoms with E-state index in [0.29, 0.717) is 37.0 Å². The maximum Gasteiger partial charge on any atom is 0.323 e. The highest BCUT2D eigenvalue weighted by molar-refractivity contribution is 7.89. The monoisotopic (exact) mass is 401 g/mol. The van der Waals surface area contributed by atoms with Crippen molar-refractivity contribution in [3.05, 3.63) is 28.7 Å². The number of hydrogen-bond donors (Lipinski definition) is 3. The van der Waals surface area contributed by atoms with Crippen LogP contribution in [0.3, 0.4) is 0 Å². The molecule has 2 aromatic rings. The molecule has 4 rings (SSSR count). The number of rotatable bonds is 3. The smallest absolute Gasteiger partial charge is 0.323 e. The number of benzene rings is 1. The van der Waals surface area contributed by atoms with Gasteiger partial charge in [0.25, 0.3) is 0 Å². The number of halogens is 1. The lowest BCUT2D eigenvalue weighted by Crippen LogP contribution is -2.55. The molecular formula is C15H20ClN5O4S. The summed E-state index contributed by atoms with van der Waals surface area (Å²) in [6, 6.07) is 4.47. The number of carbonyl (C=O) groups excluding carboxylic acids is 1. The Morgan fingerprint density at radius 2 is 1.69 bits per heavy atom. The quantitative estimate of drug-likeness (QED) is 0.643. The Morgan fingerprint density at radius 1 is 1.08 bits per heavy atom. The number of carbonyl (C=O) groups is 1. The van der Waals surface area contributed by atoms with Gasteiger partial charge in [-0.15, -0.1) is 12.4 Å². The average Bonchev–Trinajstić information content (AvgIpc) is 3.23. The van der Waals surface area contributed by atoms with Gasteiger partial charge in [0.2, 0.25) is 15.9 Å². The molecule has 0 bridgehead atoms. The Hall–Kier alpha value is -1.88. The maximum atomic E-state index is 12.8. The van der Waals surface area contributed by atoms with Crippen LogP contribution in [0.25, 0.3) is 11.0 Å². The number of aromatic amines is 2. The molecule has 1 amide bonds. The van der Waals surface area contributed by atoms with E-state index in [1.807, 2.05) is 0 Å². The van der Waals surface area contributed by atoms with Crippen molar-refractivity contribution >= 4 is 39.4 Å². The fraction of sp³-hybridized carbons (Fsp3) is 0.467. The third-order valence-electron chi connectivity index (χ3n) is 4.87. The fourth-order valence-corrected chi connectivity index (χ4v) is 4.57. The Morgan fingerprint density at radius 3 is 2.31 bits per heavy atom. The van der Waals surface area contributed by atoms with E-state index >= 15 is 0 Å². The molecule has 1 aromatic carbocycles. The zero-order valence-corrected chi connectivity index (χ0v) is 15.5. The van der Waals surface area contributed by atoms with E-state index in [1.165, 1.54) is 16.4 Å². The summed E-state index contributed by atoms with van der Waals surface area (Å²) in [5.41, 5.74) is 5.82. The van der Waals surface area contributed by atoms with E-state index in [4.69, 9.17) is 5.73 Å².